The van der Waals surface area contributed by atoms with Crippen LogP contribution in [0.3, 0.4) is 0 Å². The lowest BCUT2D eigenvalue weighted by Crippen LogP contribution is -2.35. The molecule has 0 radical (unpaired) electrons. The molecule has 3 rings (SSSR count). The van der Waals surface area contributed by atoms with Gasteiger partial charge in [0, 0.05) is 18.8 Å². The zero-order chi connectivity index (χ0) is 19.7. The maximum Gasteiger partial charge on any atom is 0.420 e. The third-order valence-electron chi connectivity index (χ3n) is 4.31. The summed E-state index contributed by atoms with van der Waals surface area (Å²) >= 11 is 0. The number of sulfonamides is 1. The zero-order valence-electron chi connectivity index (χ0n) is 14.4. The molecule has 0 aliphatic carbocycles. The first-order valence-electron chi connectivity index (χ1n) is 8.43. The van der Waals surface area contributed by atoms with E-state index in [-0.39, 0.29) is 16.3 Å². The van der Waals surface area contributed by atoms with Crippen LogP contribution in [0.25, 0.3) is 0 Å². The van der Waals surface area contributed by atoms with Gasteiger partial charge < -0.3 is 10.5 Å². The number of nitrogens with zero attached hydrogens (tertiary/aromatic N) is 1. The quantitative estimate of drug-likeness (QED) is 0.779. The van der Waals surface area contributed by atoms with E-state index in [4.69, 9.17) is 10.5 Å². The fourth-order valence-corrected chi connectivity index (χ4v) is 4.44. The molecule has 2 N–H and O–H groups in total. The molecule has 2 aromatic rings. The summed E-state index contributed by atoms with van der Waals surface area (Å²) in [5.74, 6) is -0.300. The molecule has 0 amide bonds. The lowest BCUT2D eigenvalue weighted by molar-refractivity contribution is -0.138. The minimum atomic E-state index is -4.62. The number of nitrogen functional groups attached to an aromatic ring is 1. The molecular weight excluding hydrogens is 381 g/mol. The number of piperidine rings is 1. The van der Waals surface area contributed by atoms with Crippen molar-refractivity contribution >= 4 is 15.7 Å². The minimum absolute atomic E-state index is 0.0300. The number of benzene rings is 2. The normalized spacial score (nSPS) is 16.3. The summed E-state index contributed by atoms with van der Waals surface area (Å²) < 4.78 is 71.4. The van der Waals surface area contributed by atoms with Gasteiger partial charge in [-0.1, -0.05) is 6.42 Å². The largest absolute Gasteiger partial charge is 0.457 e. The van der Waals surface area contributed by atoms with Crippen molar-refractivity contribution in [2.45, 2.75) is 30.3 Å². The van der Waals surface area contributed by atoms with Crippen molar-refractivity contribution < 1.29 is 26.3 Å². The second-order valence-electron chi connectivity index (χ2n) is 6.29. The lowest BCUT2D eigenvalue weighted by atomic mass is 10.1. The van der Waals surface area contributed by atoms with Crippen LogP contribution in [0.1, 0.15) is 24.8 Å². The highest BCUT2D eigenvalue weighted by molar-refractivity contribution is 7.89. The van der Waals surface area contributed by atoms with Gasteiger partial charge in [0.25, 0.3) is 0 Å². The zero-order valence-corrected chi connectivity index (χ0v) is 15.2. The molecule has 1 saturated heterocycles. The molecule has 5 nitrogen and oxygen atoms in total. The fourth-order valence-electron chi connectivity index (χ4n) is 2.92. The Kier molecular flexibility index (Phi) is 5.34. The molecule has 1 aliphatic rings. The van der Waals surface area contributed by atoms with Crippen LogP contribution in [0, 0.1) is 0 Å². The second-order valence-corrected chi connectivity index (χ2v) is 8.23. The number of nitrogens with two attached hydrogens (primary N) is 1. The Hall–Kier alpha value is -2.26. The third-order valence-corrected chi connectivity index (χ3v) is 6.23. The Morgan fingerprint density at radius 1 is 0.963 bits per heavy atom. The summed E-state index contributed by atoms with van der Waals surface area (Å²) in [7, 11) is -3.61. The topological polar surface area (TPSA) is 72.6 Å². The SMILES string of the molecule is Nc1ccc(Oc2ccc(S(=O)(=O)N3CCCCC3)cc2)c(C(F)(F)F)c1. The standard InChI is InChI=1S/C18H19F3N2O3S/c19-18(20,21)16-12-13(22)4-9-17(16)26-14-5-7-15(8-6-14)27(24,25)23-10-2-1-3-11-23/h4-9,12H,1-3,10-11,22H2. The minimum Gasteiger partial charge on any atom is -0.457 e. The van der Waals surface area contributed by atoms with Gasteiger partial charge in [0.2, 0.25) is 10.0 Å². The molecule has 9 heteroatoms. The molecule has 0 spiro atoms. The third kappa shape index (κ3) is 4.36. The van der Waals surface area contributed by atoms with Crippen molar-refractivity contribution in [3.63, 3.8) is 0 Å². The van der Waals surface area contributed by atoms with Gasteiger partial charge in [-0.2, -0.15) is 17.5 Å². The highest BCUT2D eigenvalue weighted by Gasteiger charge is 2.35. The average molecular weight is 400 g/mol. The predicted octanol–water partition coefficient (Wildman–Crippen LogP) is 4.25. The van der Waals surface area contributed by atoms with Gasteiger partial charge >= 0.3 is 6.18 Å². The predicted molar refractivity (Wildman–Crippen MR) is 95.0 cm³/mol. The second kappa shape index (κ2) is 7.40. The Labute approximate surface area is 155 Å². The van der Waals surface area contributed by atoms with Crippen molar-refractivity contribution in [2.75, 3.05) is 18.8 Å². The number of hydrogen-bond acceptors (Lipinski definition) is 4. The lowest BCUT2D eigenvalue weighted by Gasteiger charge is -2.25. The van der Waals surface area contributed by atoms with Crippen LogP contribution in [-0.4, -0.2) is 25.8 Å². The van der Waals surface area contributed by atoms with Gasteiger partial charge in [-0.05, 0) is 55.3 Å². The number of hydrogen-bond donors (Lipinski definition) is 1. The van der Waals surface area contributed by atoms with Gasteiger partial charge in [0.05, 0.1) is 4.90 Å². The van der Waals surface area contributed by atoms with E-state index in [2.05, 4.69) is 0 Å². The number of alkyl halides is 3. The van der Waals surface area contributed by atoms with E-state index in [1.54, 1.807) is 0 Å². The van der Waals surface area contributed by atoms with Gasteiger partial charge in [-0.25, -0.2) is 8.42 Å². The summed E-state index contributed by atoms with van der Waals surface area (Å²) in [6.45, 7) is 0.946. The first-order valence-corrected chi connectivity index (χ1v) is 9.87. The molecule has 27 heavy (non-hydrogen) atoms. The smallest absolute Gasteiger partial charge is 0.420 e. The summed E-state index contributed by atoms with van der Waals surface area (Å²) in [6, 6.07) is 8.59. The van der Waals surface area contributed by atoms with Crippen LogP contribution < -0.4 is 10.5 Å². The first-order chi connectivity index (χ1) is 12.7. The van der Waals surface area contributed by atoms with E-state index in [9.17, 15) is 21.6 Å². The Bertz CT molecular complexity index is 906. The van der Waals surface area contributed by atoms with Crippen LogP contribution >= 0.6 is 0 Å². The van der Waals surface area contributed by atoms with Crippen molar-refractivity contribution in [3.8, 4) is 11.5 Å². The van der Waals surface area contributed by atoms with Crippen LogP contribution in [0.4, 0.5) is 18.9 Å². The van der Waals surface area contributed by atoms with Crippen molar-refractivity contribution in [1.29, 1.82) is 0 Å². The Balaban J connectivity index is 1.83. The number of rotatable bonds is 4. The molecule has 146 valence electrons. The van der Waals surface area contributed by atoms with Crippen LogP contribution in [0.15, 0.2) is 47.4 Å². The molecule has 1 fully saturated rings. The van der Waals surface area contributed by atoms with Gasteiger partial charge in [0.1, 0.15) is 17.1 Å². The molecule has 0 unspecified atom stereocenters. The number of halogens is 3. The maximum absolute atomic E-state index is 13.1. The van der Waals surface area contributed by atoms with E-state index >= 15 is 0 Å². The van der Waals surface area contributed by atoms with Crippen molar-refractivity contribution in [1.82, 2.24) is 4.31 Å². The summed E-state index contributed by atoms with van der Waals surface area (Å²) in [5, 5.41) is 0. The van der Waals surface area contributed by atoms with E-state index in [0.29, 0.717) is 13.1 Å². The summed E-state index contributed by atoms with van der Waals surface area (Å²) in [6.07, 6.45) is -1.99. The average Bonchev–Trinajstić information content (AvgIpc) is 2.63. The first kappa shape index (κ1) is 19.5. The van der Waals surface area contributed by atoms with Crippen molar-refractivity contribution in [2.24, 2.45) is 0 Å². The molecule has 1 aliphatic heterocycles. The van der Waals surface area contributed by atoms with E-state index in [1.165, 1.54) is 34.6 Å². The number of anilines is 1. The monoisotopic (exact) mass is 400 g/mol. The molecule has 0 aromatic heterocycles. The maximum atomic E-state index is 13.1. The van der Waals surface area contributed by atoms with Crippen LogP contribution in [0.2, 0.25) is 0 Å². The highest BCUT2D eigenvalue weighted by Crippen LogP contribution is 2.39. The Morgan fingerprint density at radius 3 is 2.19 bits per heavy atom. The van der Waals surface area contributed by atoms with E-state index in [0.717, 1.165) is 31.4 Å². The van der Waals surface area contributed by atoms with E-state index in [1.807, 2.05) is 0 Å². The molecule has 2 aromatic carbocycles. The molecule has 0 atom stereocenters. The number of ether oxygens (including phenoxy) is 1. The Morgan fingerprint density at radius 2 is 1.59 bits per heavy atom. The van der Waals surface area contributed by atoms with Gasteiger partial charge in [0.15, 0.2) is 0 Å². The van der Waals surface area contributed by atoms with Gasteiger partial charge in [-0.15, -0.1) is 0 Å². The summed E-state index contributed by atoms with van der Waals surface area (Å²) in [5.41, 5.74) is 4.41. The molecule has 0 saturated carbocycles. The van der Waals surface area contributed by atoms with Crippen LogP contribution in [-0.2, 0) is 16.2 Å². The highest BCUT2D eigenvalue weighted by atomic mass is 32.2. The molecular formula is C18H19F3N2O3S. The van der Waals surface area contributed by atoms with Crippen LogP contribution in [0.5, 0.6) is 11.5 Å². The van der Waals surface area contributed by atoms with Gasteiger partial charge in [-0.3, -0.25) is 0 Å². The molecule has 0 bridgehead atoms. The van der Waals surface area contributed by atoms with Crippen molar-refractivity contribution in [3.05, 3.63) is 48.0 Å². The summed E-state index contributed by atoms with van der Waals surface area (Å²) in [4.78, 5) is 0.0881. The molecule has 1 heterocycles. The fraction of sp³-hybridized carbons (Fsp3) is 0.333. The van der Waals surface area contributed by atoms with E-state index < -0.39 is 27.5 Å².